The van der Waals surface area contributed by atoms with Gasteiger partial charge in [-0.05, 0) is 40.8 Å². The number of nitrogens with one attached hydrogen (secondary N) is 1. The number of tetrazole rings is 1. The van der Waals surface area contributed by atoms with Gasteiger partial charge in [0.25, 0.3) is 11.1 Å². The van der Waals surface area contributed by atoms with Crippen molar-refractivity contribution in [3.05, 3.63) is 54.1 Å². The van der Waals surface area contributed by atoms with Gasteiger partial charge in [-0.3, -0.25) is 14.6 Å². The van der Waals surface area contributed by atoms with Crippen LogP contribution in [0.3, 0.4) is 0 Å². The molecule has 0 spiro atoms. The first-order valence-electron chi connectivity index (χ1n) is 8.31. The Bertz CT molecular complexity index is 1040. The fourth-order valence-corrected chi connectivity index (χ4v) is 3.40. The van der Waals surface area contributed by atoms with E-state index in [1.165, 1.54) is 9.58 Å². The molecule has 0 saturated carbocycles. The van der Waals surface area contributed by atoms with Gasteiger partial charge in [-0.25, -0.2) is 0 Å². The normalized spacial score (nSPS) is 10.6. The van der Waals surface area contributed by atoms with Crippen LogP contribution in [0.2, 0.25) is 0 Å². The summed E-state index contributed by atoms with van der Waals surface area (Å²) < 4.78 is 5.71. The van der Waals surface area contributed by atoms with E-state index in [1.807, 2.05) is 0 Å². The summed E-state index contributed by atoms with van der Waals surface area (Å²) in [5.74, 6) is -0.418. The summed E-state index contributed by atoms with van der Waals surface area (Å²) >= 11 is 1.51. The number of anilines is 1. The zero-order valence-corrected chi connectivity index (χ0v) is 17.3. The van der Waals surface area contributed by atoms with E-state index in [-0.39, 0.29) is 10.4 Å². The highest BCUT2D eigenvalue weighted by Gasteiger charge is 2.17. The number of amides is 2. The molecule has 30 heavy (non-hydrogen) atoms. The van der Waals surface area contributed by atoms with Crippen molar-refractivity contribution >= 4 is 40.6 Å². The molecular weight excluding hydrogens is 432 g/mol. The Kier molecular flexibility index (Phi) is 7.37. The van der Waals surface area contributed by atoms with Crippen molar-refractivity contribution < 1.29 is 24.2 Å². The lowest BCUT2D eigenvalue weighted by Crippen LogP contribution is -2.17. The molecule has 1 aromatic heterocycles. The zero-order valence-electron chi connectivity index (χ0n) is 15.7. The molecule has 0 aliphatic heterocycles. The number of carbonyl (C=O) groups is 2. The minimum absolute atomic E-state index is 0.228. The number of benzene rings is 2. The van der Waals surface area contributed by atoms with Gasteiger partial charge in [0, 0.05) is 31.5 Å². The van der Waals surface area contributed by atoms with Crippen LogP contribution in [-0.2, 0) is 9.37 Å². The minimum atomic E-state index is -0.418. The molecule has 3 rings (SSSR count). The van der Waals surface area contributed by atoms with Gasteiger partial charge in [0.15, 0.2) is 0 Å². The number of thioether (sulfide) groups is 1. The highest BCUT2D eigenvalue weighted by Crippen LogP contribution is 2.25. The van der Waals surface area contributed by atoms with Crippen molar-refractivity contribution in [1.29, 1.82) is 0 Å². The lowest BCUT2D eigenvalue weighted by molar-refractivity contribution is -0.777. The van der Waals surface area contributed by atoms with Crippen LogP contribution in [0.25, 0.3) is 5.69 Å². The molecule has 0 radical (unpaired) electrons. The summed E-state index contributed by atoms with van der Waals surface area (Å²) in [6.45, 7) is 0. The molecule has 0 atom stereocenters. The van der Waals surface area contributed by atoms with E-state index < -0.39 is 5.91 Å². The van der Waals surface area contributed by atoms with Crippen molar-refractivity contribution in [2.24, 2.45) is 0 Å². The monoisotopic (exact) mass is 447 g/mol. The van der Waals surface area contributed by atoms with Crippen molar-refractivity contribution in [2.75, 3.05) is 19.4 Å². The third-order valence-electron chi connectivity index (χ3n) is 3.62. The zero-order chi connectivity index (χ0) is 21.5. The maximum atomic E-state index is 12.7. The number of nitrogens with zero attached hydrogens (tertiary/aromatic N) is 5. The standard InChI is InChI=1S/C17H16N6O5S2/c1-22(2)17(25)29-16-19-20-21-23(16)12-7-5-6-11(10-12)18-15(24)13-8-3-4-9-14(13)30-28-27-26/h3-10,26H,1-2H3,(H,18,24)/p-1. The van der Waals surface area contributed by atoms with Gasteiger partial charge in [0.1, 0.15) is 0 Å². The van der Waals surface area contributed by atoms with E-state index in [1.54, 1.807) is 62.6 Å². The van der Waals surface area contributed by atoms with E-state index in [9.17, 15) is 14.8 Å². The Labute approximate surface area is 179 Å². The van der Waals surface area contributed by atoms with Crippen LogP contribution < -0.4 is 10.6 Å². The van der Waals surface area contributed by atoms with Gasteiger partial charge in [-0.15, -0.1) is 5.10 Å². The summed E-state index contributed by atoms with van der Waals surface area (Å²) in [4.78, 5) is 26.5. The number of hydrogen-bond donors (Lipinski definition) is 1. The molecule has 156 valence electrons. The molecule has 2 aromatic carbocycles. The Morgan fingerprint density at radius 2 is 1.97 bits per heavy atom. The van der Waals surface area contributed by atoms with E-state index >= 15 is 0 Å². The number of hydrogen-bond acceptors (Lipinski definition) is 10. The molecule has 0 aliphatic carbocycles. The van der Waals surface area contributed by atoms with Gasteiger partial charge >= 0.3 is 0 Å². The lowest BCUT2D eigenvalue weighted by atomic mass is 10.2. The maximum Gasteiger partial charge on any atom is 0.288 e. The summed E-state index contributed by atoms with van der Waals surface area (Å²) in [7, 11) is 3.26. The van der Waals surface area contributed by atoms with Gasteiger partial charge in [0.05, 0.1) is 28.2 Å². The second-order valence-electron chi connectivity index (χ2n) is 5.86. The molecule has 0 bridgehead atoms. The third-order valence-corrected chi connectivity index (χ3v) is 5.25. The predicted octanol–water partition coefficient (Wildman–Crippen LogP) is 1.92. The van der Waals surface area contributed by atoms with Crippen LogP contribution in [0.5, 0.6) is 0 Å². The molecule has 3 aromatic rings. The second kappa shape index (κ2) is 10.2. The fraction of sp³-hybridized carbons (Fsp3) is 0.118. The fourth-order valence-electron chi connectivity index (χ4n) is 2.27. The molecule has 0 unspecified atom stereocenters. The number of aromatic nitrogens is 4. The Morgan fingerprint density at radius 1 is 1.17 bits per heavy atom. The van der Waals surface area contributed by atoms with Crippen molar-refractivity contribution in [2.45, 2.75) is 10.1 Å². The molecule has 11 nitrogen and oxygen atoms in total. The SMILES string of the molecule is CN(C)C(=O)Sc1nnnn1-c1cccc(NC(=O)c2ccccc2SOO[O-])c1. The molecule has 0 saturated heterocycles. The summed E-state index contributed by atoms with van der Waals surface area (Å²) in [5, 5.41) is 27.6. The summed E-state index contributed by atoms with van der Waals surface area (Å²) in [6, 6.07) is 13.4. The van der Waals surface area contributed by atoms with Crippen LogP contribution in [0.15, 0.2) is 58.6 Å². The topological polar surface area (TPSA) is 135 Å². The van der Waals surface area contributed by atoms with Crippen LogP contribution in [0.1, 0.15) is 10.4 Å². The van der Waals surface area contributed by atoms with Crippen molar-refractivity contribution in [3.63, 3.8) is 0 Å². The van der Waals surface area contributed by atoms with Crippen molar-refractivity contribution in [1.82, 2.24) is 25.1 Å². The Balaban J connectivity index is 1.80. The minimum Gasteiger partial charge on any atom is -0.691 e. The predicted molar refractivity (Wildman–Crippen MR) is 107 cm³/mol. The van der Waals surface area contributed by atoms with Crippen LogP contribution in [0.4, 0.5) is 10.5 Å². The smallest absolute Gasteiger partial charge is 0.288 e. The maximum absolute atomic E-state index is 12.7. The molecule has 2 amide bonds. The van der Waals surface area contributed by atoms with E-state index in [0.717, 1.165) is 11.8 Å². The average molecular weight is 447 g/mol. The Hall–Kier alpha value is -2.97. The molecular formula is C17H15N6O5S2-. The van der Waals surface area contributed by atoms with Gasteiger partial charge in [0.2, 0.25) is 5.16 Å². The number of rotatable bonds is 7. The van der Waals surface area contributed by atoms with E-state index in [2.05, 4.69) is 30.2 Å². The second-order valence-corrected chi connectivity index (χ2v) is 7.52. The lowest BCUT2D eigenvalue weighted by Gasteiger charge is -2.11. The summed E-state index contributed by atoms with van der Waals surface area (Å²) in [5.41, 5.74) is 1.32. The average Bonchev–Trinajstić information content (AvgIpc) is 3.20. The first kappa shape index (κ1) is 21.7. The van der Waals surface area contributed by atoms with Crippen LogP contribution in [0, 0.1) is 0 Å². The van der Waals surface area contributed by atoms with E-state index in [0.29, 0.717) is 33.9 Å². The summed E-state index contributed by atoms with van der Waals surface area (Å²) in [6.07, 6.45) is 0. The van der Waals surface area contributed by atoms with E-state index in [4.69, 9.17) is 0 Å². The van der Waals surface area contributed by atoms with Crippen molar-refractivity contribution in [3.8, 4) is 5.69 Å². The third kappa shape index (κ3) is 5.34. The molecule has 1 N–H and O–H groups in total. The molecule has 0 aliphatic rings. The molecule has 1 heterocycles. The molecule has 0 fully saturated rings. The first-order valence-corrected chi connectivity index (χ1v) is 9.87. The first-order chi connectivity index (χ1) is 14.5. The quantitative estimate of drug-likeness (QED) is 0.248. The van der Waals surface area contributed by atoms with Gasteiger partial charge in [-0.1, -0.05) is 18.2 Å². The van der Waals surface area contributed by atoms with Crippen LogP contribution >= 0.6 is 23.8 Å². The van der Waals surface area contributed by atoms with Crippen LogP contribution in [-0.4, -0.2) is 50.3 Å². The number of carbonyl (C=O) groups excluding carboxylic acids is 2. The highest BCUT2D eigenvalue weighted by atomic mass is 32.2. The largest absolute Gasteiger partial charge is 0.691 e. The Morgan fingerprint density at radius 3 is 2.73 bits per heavy atom. The van der Waals surface area contributed by atoms with Gasteiger partial charge < -0.3 is 15.5 Å². The van der Waals surface area contributed by atoms with Gasteiger partial charge in [-0.2, -0.15) is 9.02 Å². The molecule has 13 heteroatoms. The highest BCUT2D eigenvalue weighted by molar-refractivity contribution is 8.13.